The number of hydrogen-bond acceptors (Lipinski definition) is 2. The molecule has 0 heterocycles. The summed E-state index contributed by atoms with van der Waals surface area (Å²) in [5.41, 5.74) is 6.95. The first-order valence-corrected chi connectivity index (χ1v) is 7.39. The number of carbonyl (C=O) groups excluding carboxylic acids is 1. The van der Waals surface area contributed by atoms with Gasteiger partial charge in [0, 0.05) is 11.6 Å². The van der Waals surface area contributed by atoms with Crippen LogP contribution >= 0.6 is 11.6 Å². The van der Waals surface area contributed by atoms with Gasteiger partial charge in [-0.2, -0.15) is 0 Å². The summed E-state index contributed by atoms with van der Waals surface area (Å²) in [6.07, 6.45) is 4.03. The molecule has 1 aromatic carbocycles. The largest absolute Gasteiger partial charge is 0.399 e. The normalized spacial score (nSPS) is 38.1. The maximum absolute atomic E-state index is 12.3. The van der Waals surface area contributed by atoms with Crippen molar-refractivity contribution < 1.29 is 4.79 Å². The van der Waals surface area contributed by atoms with Gasteiger partial charge in [0.15, 0.2) is 0 Å². The van der Waals surface area contributed by atoms with Crippen LogP contribution in [0.5, 0.6) is 0 Å². The van der Waals surface area contributed by atoms with Crippen LogP contribution in [0.25, 0.3) is 0 Å². The second-order valence-corrected chi connectivity index (χ2v) is 6.65. The molecule has 0 radical (unpaired) electrons. The van der Waals surface area contributed by atoms with Crippen LogP contribution in [0.2, 0.25) is 5.02 Å². The molecule has 3 aliphatic rings. The lowest BCUT2D eigenvalue weighted by Gasteiger charge is -2.11. The van der Waals surface area contributed by atoms with Crippen LogP contribution in [-0.2, 0) is 4.79 Å². The lowest BCUT2D eigenvalue weighted by atomic mass is 10.0. The Hall–Kier alpha value is -1.22. The second kappa shape index (κ2) is 3.89. The average molecular weight is 277 g/mol. The van der Waals surface area contributed by atoms with E-state index in [9.17, 15) is 4.79 Å². The summed E-state index contributed by atoms with van der Waals surface area (Å²) in [6, 6.07) is 5.22. The third-order valence-corrected chi connectivity index (χ3v) is 5.60. The van der Waals surface area contributed by atoms with Crippen LogP contribution in [0.15, 0.2) is 18.2 Å². The van der Waals surface area contributed by atoms with Gasteiger partial charge in [-0.3, -0.25) is 4.79 Å². The summed E-state index contributed by atoms with van der Waals surface area (Å²) >= 11 is 6.09. The summed E-state index contributed by atoms with van der Waals surface area (Å²) in [6.45, 7) is 0. The highest BCUT2D eigenvalue weighted by Gasteiger charge is 2.67. The molecule has 100 valence electrons. The molecule has 1 aromatic rings. The van der Waals surface area contributed by atoms with Crippen LogP contribution in [0.3, 0.4) is 0 Å². The number of amides is 1. The van der Waals surface area contributed by atoms with Crippen molar-refractivity contribution in [1.82, 2.24) is 0 Å². The number of carbonyl (C=O) groups is 1. The number of nitrogens with one attached hydrogen (secondary N) is 1. The number of anilines is 2. The van der Waals surface area contributed by atoms with E-state index < -0.39 is 0 Å². The predicted octanol–water partition coefficient (Wildman–Crippen LogP) is 3.15. The summed E-state index contributed by atoms with van der Waals surface area (Å²) < 4.78 is 0. The molecule has 1 amide bonds. The van der Waals surface area contributed by atoms with E-state index in [0.717, 1.165) is 11.8 Å². The molecule has 0 saturated heterocycles. The molecule has 3 nitrogen and oxygen atoms in total. The molecule has 3 N–H and O–H groups in total. The van der Waals surface area contributed by atoms with Crippen LogP contribution in [0.4, 0.5) is 11.4 Å². The Kier molecular flexibility index (Phi) is 2.37. The monoisotopic (exact) mass is 276 g/mol. The van der Waals surface area contributed by atoms with Gasteiger partial charge < -0.3 is 11.1 Å². The predicted molar refractivity (Wildman–Crippen MR) is 75.8 cm³/mol. The Bertz CT molecular complexity index is 543. The maximum Gasteiger partial charge on any atom is 0.228 e. The molecule has 4 heteroatoms. The van der Waals surface area contributed by atoms with Crippen molar-refractivity contribution >= 4 is 28.9 Å². The molecule has 4 rings (SSSR count). The zero-order chi connectivity index (χ0) is 13.1. The minimum atomic E-state index is 0.151. The molecule has 2 bridgehead atoms. The van der Waals surface area contributed by atoms with Crippen LogP contribution in [-0.4, -0.2) is 5.91 Å². The van der Waals surface area contributed by atoms with Crippen LogP contribution < -0.4 is 11.1 Å². The first kappa shape index (κ1) is 11.6. The highest BCUT2D eigenvalue weighted by molar-refractivity contribution is 6.34. The molecular formula is C15H17ClN2O. The van der Waals surface area contributed by atoms with Gasteiger partial charge in [0.25, 0.3) is 0 Å². The fourth-order valence-electron chi connectivity index (χ4n) is 4.52. The zero-order valence-corrected chi connectivity index (χ0v) is 11.4. The van der Waals surface area contributed by atoms with E-state index in [1.807, 2.05) is 0 Å². The quantitative estimate of drug-likeness (QED) is 0.815. The van der Waals surface area contributed by atoms with Crippen molar-refractivity contribution in [2.75, 3.05) is 11.1 Å². The third-order valence-electron chi connectivity index (χ3n) is 5.29. The minimum absolute atomic E-state index is 0.151. The Morgan fingerprint density at radius 3 is 2.58 bits per heavy atom. The molecule has 3 aliphatic carbocycles. The molecule has 0 spiro atoms. The van der Waals surface area contributed by atoms with E-state index in [4.69, 9.17) is 17.3 Å². The van der Waals surface area contributed by atoms with Gasteiger partial charge in [0.2, 0.25) is 5.91 Å². The standard InChI is InChI=1S/C15H17ClN2O/c16-10-6-9(17)3-4-11(10)18-15(19)14-12-7-1-2-8(5-7)13(12)14/h3-4,6-8,12-14H,1-2,5,17H2,(H,18,19). The molecule has 0 aromatic heterocycles. The number of fused-ring (bicyclic) bond motifs is 5. The smallest absolute Gasteiger partial charge is 0.228 e. The average Bonchev–Trinajstić information content (AvgIpc) is 2.82. The number of halogens is 1. The molecular weight excluding hydrogens is 260 g/mol. The van der Waals surface area contributed by atoms with Gasteiger partial charge in [-0.15, -0.1) is 0 Å². The highest BCUT2D eigenvalue weighted by atomic mass is 35.5. The SMILES string of the molecule is Nc1ccc(NC(=O)C2C3C4CCC(C4)C23)c(Cl)c1. The van der Waals surface area contributed by atoms with Gasteiger partial charge in [-0.25, -0.2) is 0 Å². The van der Waals surface area contributed by atoms with Gasteiger partial charge >= 0.3 is 0 Å². The summed E-state index contributed by atoms with van der Waals surface area (Å²) in [5.74, 6) is 3.33. The lowest BCUT2D eigenvalue weighted by molar-refractivity contribution is -0.118. The van der Waals surface area contributed by atoms with Crippen molar-refractivity contribution in [1.29, 1.82) is 0 Å². The molecule has 4 unspecified atom stereocenters. The van der Waals surface area contributed by atoms with Crippen molar-refractivity contribution in [2.45, 2.75) is 19.3 Å². The van der Waals surface area contributed by atoms with E-state index in [-0.39, 0.29) is 11.8 Å². The number of hydrogen-bond donors (Lipinski definition) is 2. The Morgan fingerprint density at radius 1 is 1.26 bits per heavy atom. The van der Waals surface area contributed by atoms with Crippen molar-refractivity contribution in [3.8, 4) is 0 Å². The Morgan fingerprint density at radius 2 is 1.95 bits per heavy atom. The van der Waals surface area contributed by atoms with Gasteiger partial charge in [-0.1, -0.05) is 11.6 Å². The Labute approximate surface area is 117 Å². The second-order valence-electron chi connectivity index (χ2n) is 6.24. The van der Waals surface area contributed by atoms with Crippen molar-refractivity contribution in [2.24, 2.45) is 29.6 Å². The van der Waals surface area contributed by atoms with E-state index in [1.165, 1.54) is 19.3 Å². The molecule has 3 fully saturated rings. The van der Waals surface area contributed by atoms with E-state index >= 15 is 0 Å². The molecule has 3 saturated carbocycles. The number of nitrogen functional groups attached to an aromatic ring is 1. The highest BCUT2D eigenvalue weighted by Crippen LogP contribution is 2.69. The summed E-state index contributed by atoms with van der Waals surface area (Å²) in [7, 11) is 0. The number of benzene rings is 1. The van der Waals surface area contributed by atoms with Crippen LogP contribution in [0, 0.1) is 29.6 Å². The molecule has 4 atom stereocenters. The fraction of sp³-hybridized carbons (Fsp3) is 0.533. The fourth-order valence-corrected chi connectivity index (χ4v) is 4.76. The molecule has 0 aliphatic heterocycles. The van der Waals surface area contributed by atoms with E-state index in [2.05, 4.69) is 5.32 Å². The minimum Gasteiger partial charge on any atom is -0.399 e. The van der Waals surface area contributed by atoms with E-state index in [1.54, 1.807) is 18.2 Å². The van der Waals surface area contributed by atoms with Crippen LogP contribution in [0.1, 0.15) is 19.3 Å². The van der Waals surface area contributed by atoms with Crippen molar-refractivity contribution in [3.63, 3.8) is 0 Å². The summed E-state index contributed by atoms with van der Waals surface area (Å²) in [5, 5.41) is 3.49. The first-order valence-electron chi connectivity index (χ1n) is 7.01. The Balaban J connectivity index is 1.48. The lowest BCUT2D eigenvalue weighted by Crippen LogP contribution is -2.18. The van der Waals surface area contributed by atoms with Gasteiger partial charge in [-0.05, 0) is 61.1 Å². The van der Waals surface area contributed by atoms with Crippen molar-refractivity contribution in [3.05, 3.63) is 23.2 Å². The molecule has 19 heavy (non-hydrogen) atoms. The zero-order valence-electron chi connectivity index (χ0n) is 10.6. The summed E-state index contributed by atoms with van der Waals surface area (Å²) in [4.78, 5) is 12.3. The number of nitrogens with two attached hydrogens (primary N) is 1. The number of rotatable bonds is 2. The third kappa shape index (κ3) is 1.68. The maximum atomic E-state index is 12.3. The van der Waals surface area contributed by atoms with Gasteiger partial charge in [0.1, 0.15) is 0 Å². The van der Waals surface area contributed by atoms with Gasteiger partial charge in [0.05, 0.1) is 10.7 Å². The topological polar surface area (TPSA) is 55.1 Å². The first-order chi connectivity index (χ1) is 9.15. The van der Waals surface area contributed by atoms with E-state index in [0.29, 0.717) is 28.2 Å².